The van der Waals surface area contributed by atoms with Crippen molar-refractivity contribution < 1.29 is 5.11 Å². The van der Waals surface area contributed by atoms with Gasteiger partial charge in [0.2, 0.25) is 0 Å². The van der Waals surface area contributed by atoms with Crippen LogP contribution in [0.25, 0.3) is 0 Å². The third-order valence-electron chi connectivity index (χ3n) is 4.69. The molecular formula is C16H30N4O. The molecule has 21 heavy (non-hydrogen) atoms. The minimum absolute atomic E-state index is 0.164. The highest BCUT2D eigenvalue weighted by Gasteiger charge is 2.23. The van der Waals surface area contributed by atoms with Crippen LogP contribution in [0.5, 0.6) is 0 Å². The van der Waals surface area contributed by atoms with Gasteiger partial charge in [0.25, 0.3) is 0 Å². The minimum atomic E-state index is 0.164. The van der Waals surface area contributed by atoms with Crippen LogP contribution in [0.1, 0.15) is 38.3 Å². The first-order chi connectivity index (χ1) is 10.3. The second-order valence-electron chi connectivity index (χ2n) is 5.85. The van der Waals surface area contributed by atoms with Crippen LogP contribution in [-0.4, -0.2) is 70.6 Å². The standard InChI is InChI=1S/C16H30N4O/c1-3-18(4-2)11-12-19-9-6-15(7-10-19)16-5-8-17-20(16)13-14-21/h5,8,15,21H,3-4,6-7,9-14H2,1-2H3. The van der Waals surface area contributed by atoms with E-state index < -0.39 is 0 Å². The second-order valence-corrected chi connectivity index (χ2v) is 5.85. The lowest BCUT2D eigenvalue weighted by Crippen LogP contribution is -2.39. The van der Waals surface area contributed by atoms with Crippen LogP contribution >= 0.6 is 0 Å². The Kier molecular flexibility index (Phi) is 6.67. The predicted octanol–water partition coefficient (Wildman–Crippen LogP) is 1.40. The van der Waals surface area contributed by atoms with Gasteiger partial charge in [-0.2, -0.15) is 5.10 Å². The molecule has 0 atom stereocenters. The van der Waals surface area contributed by atoms with Crippen molar-refractivity contribution in [2.75, 3.05) is 45.9 Å². The summed E-state index contributed by atoms with van der Waals surface area (Å²) in [5, 5.41) is 13.4. The summed E-state index contributed by atoms with van der Waals surface area (Å²) in [5.74, 6) is 0.601. The molecule has 1 aromatic heterocycles. The Hall–Kier alpha value is -0.910. The number of hydrogen-bond donors (Lipinski definition) is 1. The summed E-state index contributed by atoms with van der Waals surface area (Å²) in [6.07, 6.45) is 4.27. The van der Waals surface area contributed by atoms with Crippen molar-refractivity contribution in [2.45, 2.75) is 39.2 Å². The van der Waals surface area contributed by atoms with Crippen LogP contribution in [0, 0.1) is 0 Å². The van der Waals surface area contributed by atoms with Gasteiger partial charge >= 0.3 is 0 Å². The first-order valence-corrected chi connectivity index (χ1v) is 8.35. The van der Waals surface area contributed by atoms with E-state index in [-0.39, 0.29) is 6.61 Å². The zero-order valence-corrected chi connectivity index (χ0v) is 13.5. The van der Waals surface area contributed by atoms with Gasteiger partial charge in [-0.1, -0.05) is 13.8 Å². The fraction of sp³-hybridized carbons (Fsp3) is 0.812. The van der Waals surface area contributed by atoms with Crippen molar-refractivity contribution >= 4 is 0 Å². The highest BCUT2D eigenvalue weighted by Crippen LogP contribution is 2.27. The number of rotatable bonds is 8. The molecular weight excluding hydrogens is 264 g/mol. The maximum absolute atomic E-state index is 9.10. The van der Waals surface area contributed by atoms with Crippen molar-refractivity contribution in [2.24, 2.45) is 0 Å². The third-order valence-corrected chi connectivity index (χ3v) is 4.69. The zero-order valence-electron chi connectivity index (χ0n) is 13.5. The van der Waals surface area contributed by atoms with Gasteiger partial charge in [-0.15, -0.1) is 0 Å². The van der Waals surface area contributed by atoms with E-state index in [1.165, 1.54) is 44.7 Å². The predicted molar refractivity (Wildman–Crippen MR) is 85.5 cm³/mol. The molecule has 1 saturated heterocycles. The topological polar surface area (TPSA) is 44.5 Å². The monoisotopic (exact) mass is 294 g/mol. The molecule has 120 valence electrons. The fourth-order valence-corrected chi connectivity index (χ4v) is 3.25. The van der Waals surface area contributed by atoms with Crippen LogP contribution < -0.4 is 0 Å². The van der Waals surface area contributed by atoms with Crippen LogP contribution in [0.2, 0.25) is 0 Å². The molecule has 5 nitrogen and oxygen atoms in total. The van der Waals surface area contributed by atoms with E-state index in [9.17, 15) is 0 Å². The fourth-order valence-electron chi connectivity index (χ4n) is 3.25. The van der Waals surface area contributed by atoms with Gasteiger partial charge in [0.1, 0.15) is 0 Å². The lowest BCUT2D eigenvalue weighted by Gasteiger charge is -2.33. The Morgan fingerprint density at radius 2 is 1.95 bits per heavy atom. The minimum Gasteiger partial charge on any atom is -0.394 e. The van der Waals surface area contributed by atoms with E-state index >= 15 is 0 Å². The Balaban J connectivity index is 1.79. The Bertz CT molecular complexity index is 395. The van der Waals surface area contributed by atoms with E-state index in [0.717, 1.165) is 13.1 Å². The number of aromatic nitrogens is 2. The molecule has 0 aromatic carbocycles. The van der Waals surface area contributed by atoms with Gasteiger partial charge in [0.05, 0.1) is 13.2 Å². The molecule has 0 saturated carbocycles. The highest BCUT2D eigenvalue weighted by molar-refractivity contribution is 5.09. The number of likely N-dealkylation sites (tertiary alicyclic amines) is 1. The van der Waals surface area contributed by atoms with E-state index in [0.29, 0.717) is 12.5 Å². The average molecular weight is 294 g/mol. The summed E-state index contributed by atoms with van der Waals surface area (Å²) in [6, 6.07) is 2.12. The molecule has 0 amide bonds. The first-order valence-electron chi connectivity index (χ1n) is 8.35. The average Bonchev–Trinajstić information content (AvgIpc) is 2.98. The highest BCUT2D eigenvalue weighted by atomic mass is 16.3. The van der Waals surface area contributed by atoms with Gasteiger partial charge in [-0.3, -0.25) is 4.68 Å². The van der Waals surface area contributed by atoms with Gasteiger partial charge < -0.3 is 14.9 Å². The molecule has 1 aliphatic heterocycles. The van der Waals surface area contributed by atoms with Gasteiger partial charge in [0, 0.05) is 30.9 Å². The van der Waals surface area contributed by atoms with Crippen molar-refractivity contribution in [1.82, 2.24) is 19.6 Å². The number of likely N-dealkylation sites (N-methyl/N-ethyl adjacent to an activating group) is 1. The van der Waals surface area contributed by atoms with E-state index in [1.807, 2.05) is 10.9 Å². The number of hydrogen-bond acceptors (Lipinski definition) is 4. The van der Waals surface area contributed by atoms with Gasteiger partial charge in [-0.25, -0.2) is 0 Å². The molecule has 0 bridgehead atoms. The Labute approximate surface area is 128 Å². The van der Waals surface area contributed by atoms with Crippen molar-refractivity contribution in [3.8, 4) is 0 Å². The summed E-state index contributed by atoms with van der Waals surface area (Å²) >= 11 is 0. The normalized spacial score (nSPS) is 17.7. The molecule has 2 rings (SSSR count). The summed E-state index contributed by atoms with van der Waals surface area (Å²) in [7, 11) is 0. The quantitative estimate of drug-likeness (QED) is 0.787. The smallest absolute Gasteiger partial charge is 0.0644 e. The van der Waals surface area contributed by atoms with Crippen LogP contribution in [0.4, 0.5) is 0 Å². The number of nitrogens with zero attached hydrogens (tertiary/aromatic N) is 4. The largest absolute Gasteiger partial charge is 0.394 e. The molecule has 1 fully saturated rings. The molecule has 5 heteroatoms. The third kappa shape index (κ3) is 4.53. The molecule has 2 heterocycles. The maximum Gasteiger partial charge on any atom is 0.0644 e. The van der Waals surface area contributed by atoms with Crippen molar-refractivity contribution in [3.05, 3.63) is 18.0 Å². The molecule has 1 N–H and O–H groups in total. The lowest BCUT2D eigenvalue weighted by atomic mass is 9.93. The molecule has 0 unspecified atom stereocenters. The lowest BCUT2D eigenvalue weighted by molar-refractivity contribution is 0.175. The van der Waals surface area contributed by atoms with Gasteiger partial charge in [0.15, 0.2) is 0 Å². The van der Waals surface area contributed by atoms with E-state index in [4.69, 9.17) is 5.11 Å². The summed E-state index contributed by atoms with van der Waals surface area (Å²) in [6.45, 7) is 12.3. The molecule has 0 radical (unpaired) electrons. The molecule has 1 aromatic rings. The molecule has 0 spiro atoms. The summed E-state index contributed by atoms with van der Waals surface area (Å²) < 4.78 is 1.97. The molecule has 0 aliphatic carbocycles. The SMILES string of the molecule is CCN(CC)CCN1CCC(c2ccnn2CCO)CC1. The van der Waals surface area contributed by atoms with E-state index in [1.54, 1.807) is 0 Å². The Morgan fingerprint density at radius 3 is 2.57 bits per heavy atom. The van der Waals surface area contributed by atoms with E-state index in [2.05, 4.69) is 34.8 Å². The van der Waals surface area contributed by atoms with Gasteiger partial charge in [-0.05, 0) is 45.1 Å². The van der Waals surface area contributed by atoms with Crippen molar-refractivity contribution in [1.29, 1.82) is 0 Å². The van der Waals surface area contributed by atoms with Crippen LogP contribution in [0.3, 0.4) is 0 Å². The number of piperidine rings is 1. The zero-order chi connectivity index (χ0) is 15.1. The summed E-state index contributed by atoms with van der Waals surface area (Å²) in [4.78, 5) is 5.07. The first kappa shape index (κ1) is 16.5. The van der Waals surface area contributed by atoms with Crippen LogP contribution in [-0.2, 0) is 6.54 Å². The maximum atomic E-state index is 9.10. The number of aliphatic hydroxyl groups excluding tert-OH is 1. The molecule has 1 aliphatic rings. The Morgan fingerprint density at radius 1 is 1.24 bits per heavy atom. The summed E-state index contributed by atoms with van der Waals surface area (Å²) in [5.41, 5.74) is 1.30. The van der Waals surface area contributed by atoms with Crippen LogP contribution in [0.15, 0.2) is 12.3 Å². The van der Waals surface area contributed by atoms with Crippen molar-refractivity contribution in [3.63, 3.8) is 0 Å². The number of aliphatic hydroxyl groups is 1. The second kappa shape index (κ2) is 8.51.